The third-order valence-electron chi connectivity index (χ3n) is 3.86. The lowest BCUT2D eigenvalue weighted by Gasteiger charge is -2.03. The Morgan fingerprint density at radius 2 is 2.12 bits per heavy atom. The zero-order chi connectivity index (χ0) is 17.9. The average molecular weight is 386 g/mol. The molecule has 0 spiro atoms. The lowest BCUT2D eigenvalue weighted by Crippen LogP contribution is -2.01. The summed E-state index contributed by atoms with van der Waals surface area (Å²) in [5.74, 6) is 1.58. The van der Waals surface area contributed by atoms with Gasteiger partial charge in [-0.3, -0.25) is 5.43 Å². The molecular formula is C19H16ClN3O2S. The molecule has 0 atom stereocenters. The Kier molecular flexibility index (Phi) is 4.77. The monoisotopic (exact) mass is 385 g/mol. The summed E-state index contributed by atoms with van der Waals surface area (Å²) in [6.07, 6.45) is 0.718. The van der Waals surface area contributed by atoms with Crippen LogP contribution < -0.4 is 14.9 Å². The molecular weight excluding hydrogens is 370 g/mol. The summed E-state index contributed by atoms with van der Waals surface area (Å²) in [5, 5.41) is 7.84. The van der Waals surface area contributed by atoms with Gasteiger partial charge in [-0.25, -0.2) is 4.98 Å². The number of hydrogen-bond acceptors (Lipinski definition) is 6. The van der Waals surface area contributed by atoms with Gasteiger partial charge in [0.25, 0.3) is 0 Å². The minimum Gasteiger partial charge on any atom is -0.454 e. The van der Waals surface area contributed by atoms with Gasteiger partial charge >= 0.3 is 0 Å². The van der Waals surface area contributed by atoms with Crippen molar-refractivity contribution in [2.75, 3.05) is 12.2 Å². The van der Waals surface area contributed by atoms with Crippen LogP contribution in [0.4, 0.5) is 5.13 Å². The summed E-state index contributed by atoms with van der Waals surface area (Å²) in [6, 6.07) is 13.6. The molecule has 1 aliphatic heterocycles. The summed E-state index contributed by atoms with van der Waals surface area (Å²) in [7, 11) is 0. The number of thiazole rings is 1. The minimum absolute atomic E-state index is 0.284. The molecule has 2 heterocycles. The molecule has 26 heavy (non-hydrogen) atoms. The number of nitrogens with zero attached hydrogens (tertiary/aromatic N) is 2. The molecule has 0 bridgehead atoms. The van der Waals surface area contributed by atoms with Gasteiger partial charge in [0.15, 0.2) is 11.5 Å². The van der Waals surface area contributed by atoms with Crippen LogP contribution in [0.25, 0.3) is 11.3 Å². The van der Waals surface area contributed by atoms with E-state index in [0.29, 0.717) is 5.02 Å². The van der Waals surface area contributed by atoms with Crippen LogP contribution in [0.5, 0.6) is 11.5 Å². The van der Waals surface area contributed by atoms with E-state index in [1.807, 2.05) is 54.8 Å². The summed E-state index contributed by atoms with van der Waals surface area (Å²) in [6.45, 7) is 2.26. The van der Waals surface area contributed by atoms with Crippen molar-refractivity contribution >= 4 is 33.8 Å². The van der Waals surface area contributed by atoms with E-state index in [1.54, 1.807) is 0 Å². The second kappa shape index (κ2) is 7.35. The average Bonchev–Trinajstić information content (AvgIpc) is 3.29. The highest BCUT2D eigenvalue weighted by atomic mass is 35.5. The van der Waals surface area contributed by atoms with Gasteiger partial charge in [-0.1, -0.05) is 29.8 Å². The van der Waals surface area contributed by atoms with Crippen LogP contribution in [0.15, 0.2) is 52.9 Å². The Hall–Kier alpha value is -2.57. The number of nitrogens with one attached hydrogen (secondary N) is 1. The fraction of sp³-hybridized carbons (Fsp3) is 0.158. The molecule has 0 radical (unpaired) electrons. The third kappa shape index (κ3) is 3.81. The number of rotatable bonds is 5. The standard InChI is InChI=1S/C19H16ClN3O2S/c1-12(7-13-5-6-17-18(8-13)25-11-24-17)22-23-19-21-16(10-26-19)14-3-2-4-15(20)9-14/h2-6,8-10H,7,11H2,1H3,(H,21,23). The molecule has 1 aliphatic rings. The summed E-state index contributed by atoms with van der Waals surface area (Å²) >= 11 is 7.54. The number of halogens is 1. The molecule has 132 valence electrons. The molecule has 0 saturated heterocycles. The summed E-state index contributed by atoms with van der Waals surface area (Å²) in [5.41, 5.74) is 6.96. The van der Waals surface area contributed by atoms with E-state index in [2.05, 4.69) is 15.5 Å². The maximum absolute atomic E-state index is 6.04. The highest BCUT2D eigenvalue weighted by Gasteiger charge is 2.13. The number of benzene rings is 2. The highest BCUT2D eigenvalue weighted by Crippen LogP contribution is 2.32. The van der Waals surface area contributed by atoms with Crippen LogP contribution in [0.3, 0.4) is 0 Å². The van der Waals surface area contributed by atoms with Gasteiger partial charge in [-0.2, -0.15) is 5.10 Å². The Morgan fingerprint density at radius 3 is 3.00 bits per heavy atom. The van der Waals surface area contributed by atoms with E-state index < -0.39 is 0 Å². The maximum Gasteiger partial charge on any atom is 0.231 e. The highest BCUT2D eigenvalue weighted by molar-refractivity contribution is 7.14. The molecule has 4 rings (SSSR count). The van der Waals surface area contributed by atoms with Crippen molar-refractivity contribution in [1.82, 2.24) is 4.98 Å². The van der Waals surface area contributed by atoms with Crippen molar-refractivity contribution in [3.8, 4) is 22.8 Å². The lowest BCUT2D eigenvalue weighted by atomic mass is 10.1. The van der Waals surface area contributed by atoms with E-state index in [0.717, 1.165) is 45.6 Å². The predicted molar refractivity (Wildman–Crippen MR) is 106 cm³/mol. The first kappa shape index (κ1) is 16.9. The number of fused-ring (bicyclic) bond motifs is 1. The van der Waals surface area contributed by atoms with Gasteiger partial charge in [0, 0.05) is 28.1 Å². The second-order valence-electron chi connectivity index (χ2n) is 5.87. The first-order valence-electron chi connectivity index (χ1n) is 8.06. The SMILES string of the molecule is CC(Cc1ccc2c(c1)OCO2)=NNc1nc(-c2cccc(Cl)c2)cs1. The molecule has 1 N–H and O–H groups in total. The summed E-state index contributed by atoms with van der Waals surface area (Å²) in [4.78, 5) is 4.55. The van der Waals surface area contributed by atoms with Crippen LogP contribution in [0.2, 0.25) is 5.02 Å². The normalized spacial score (nSPS) is 13.1. The molecule has 0 unspecified atom stereocenters. The van der Waals surface area contributed by atoms with Gasteiger partial charge in [0.05, 0.1) is 5.69 Å². The molecule has 3 aromatic rings. The molecule has 5 nitrogen and oxygen atoms in total. The van der Waals surface area contributed by atoms with E-state index in [-0.39, 0.29) is 6.79 Å². The number of aromatic nitrogens is 1. The Bertz CT molecular complexity index is 971. The van der Waals surface area contributed by atoms with E-state index in [4.69, 9.17) is 21.1 Å². The number of hydrogen-bond donors (Lipinski definition) is 1. The van der Waals surface area contributed by atoms with Crippen molar-refractivity contribution in [2.24, 2.45) is 5.10 Å². The molecule has 2 aromatic carbocycles. The minimum atomic E-state index is 0.284. The Labute approximate surface area is 160 Å². The van der Waals surface area contributed by atoms with Crippen molar-refractivity contribution in [3.63, 3.8) is 0 Å². The van der Waals surface area contributed by atoms with Crippen molar-refractivity contribution in [3.05, 3.63) is 58.4 Å². The smallest absolute Gasteiger partial charge is 0.231 e. The fourth-order valence-corrected chi connectivity index (χ4v) is 3.49. The van der Waals surface area contributed by atoms with Gasteiger partial charge in [0.1, 0.15) is 0 Å². The van der Waals surface area contributed by atoms with E-state index in [1.165, 1.54) is 11.3 Å². The third-order valence-corrected chi connectivity index (χ3v) is 4.85. The Morgan fingerprint density at radius 1 is 1.23 bits per heavy atom. The first-order chi connectivity index (χ1) is 12.7. The molecule has 0 saturated carbocycles. The topological polar surface area (TPSA) is 55.7 Å². The molecule has 0 amide bonds. The van der Waals surface area contributed by atoms with Gasteiger partial charge < -0.3 is 9.47 Å². The van der Waals surface area contributed by atoms with Crippen LogP contribution >= 0.6 is 22.9 Å². The molecule has 0 aliphatic carbocycles. The zero-order valence-electron chi connectivity index (χ0n) is 14.0. The fourth-order valence-electron chi connectivity index (χ4n) is 2.63. The largest absolute Gasteiger partial charge is 0.454 e. The Balaban J connectivity index is 1.41. The first-order valence-corrected chi connectivity index (χ1v) is 9.32. The lowest BCUT2D eigenvalue weighted by molar-refractivity contribution is 0.174. The van der Waals surface area contributed by atoms with E-state index in [9.17, 15) is 0 Å². The van der Waals surface area contributed by atoms with Gasteiger partial charge in [-0.05, 0) is 36.8 Å². The van der Waals surface area contributed by atoms with Gasteiger partial charge in [0.2, 0.25) is 11.9 Å². The van der Waals surface area contributed by atoms with Crippen LogP contribution in [0.1, 0.15) is 12.5 Å². The van der Waals surface area contributed by atoms with E-state index >= 15 is 0 Å². The number of ether oxygens (including phenoxy) is 2. The van der Waals surface area contributed by atoms with Crippen LogP contribution in [-0.4, -0.2) is 17.5 Å². The van der Waals surface area contributed by atoms with Crippen molar-refractivity contribution < 1.29 is 9.47 Å². The van der Waals surface area contributed by atoms with Crippen molar-refractivity contribution in [2.45, 2.75) is 13.3 Å². The van der Waals surface area contributed by atoms with Gasteiger partial charge in [-0.15, -0.1) is 11.3 Å². The van der Waals surface area contributed by atoms with Crippen molar-refractivity contribution in [1.29, 1.82) is 0 Å². The maximum atomic E-state index is 6.04. The molecule has 1 aromatic heterocycles. The second-order valence-corrected chi connectivity index (χ2v) is 7.17. The predicted octanol–water partition coefficient (Wildman–Crippen LogP) is 5.22. The van der Waals surface area contributed by atoms with Crippen LogP contribution in [-0.2, 0) is 6.42 Å². The number of anilines is 1. The molecule has 7 heteroatoms. The zero-order valence-corrected chi connectivity index (χ0v) is 15.6. The molecule has 0 fully saturated rings. The van der Waals surface area contributed by atoms with Crippen LogP contribution in [0, 0.1) is 0 Å². The quantitative estimate of drug-likeness (QED) is 0.483. The number of hydrazone groups is 1. The summed E-state index contributed by atoms with van der Waals surface area (Å²) < 4.78 is 10.7.